The number of anilines is 1. The molecule has 13 nitrogen and oxygen atoms in total. The van der Waals surface area contributed by atoms with E-state index in [2.05, 4.69) is 10.2 Å². The Morgan fingerprint density at radius 2 is 1.62 bits per heavy atom. The maximum atomic E-state index is 13.3. The minimum absolute atomic E-state index is 0.0372. The molecule has 2 saturated heterocycles. The molecule has 3 atom stereocenters. The fourth-order valence-corrected chi connectivity index (χ4v) is 5.06. The van der Waals surface area contributed by atoms with Crippen LogP contribution in [0.15, 0.2) is 42.5 Å². The van der Waals surface area contributed by atoms with Gasteiger partial charge < -0.3 is 35.6 Å². The van der Waals surface area contributed by atoms with Gasteiger partial charge in [-0.05, 0) is 17.7 Å². The predicted octanol–water partition coefficient (Wildman–Crippen LogP) is -3.26. The molecule has 3 aliphatic rings. The minimum Gasteiger partial charge on any atom is -0.392 e. The van der Waals surface area contributed by atoms with Crippen LogP contribution in [0, 0.1) is 0 Å². The summed E-state index contributed by atoms with van der Waals surface area (Å²) in [4.78, 5) is 40.6. The van der Waals surface area contributed by atoms with Gasteiger partial charge in [-0.3, -0.25) is 29.5 Å². The van der Waals surface area contributed by atoms with Gasteiger partial charge in [-0.2, -0.15) is 0 Å². The van der Waals surface area contributed by atoms with Crippen molar-refractivity contribution in [2.45, 2.75) is 35.7 Å². The fraction of sp³-hybridized carbons (Fsp3) is 0.400. The normalized spacial score (nSPS) is 29.3. The molecule has 15 heteroatoms. The summed E-state index contributed by atoms with van der Waals surface area (Å²) in [6.07, 6.45) is 0. The number of nitrogens with one attached hydrogen (secondary N) is 2. The standard InChI is InChI=1S/C25H26B2N4O9/c26-22(35)20(33)28-21(34)23(36,25(22,27)39)31-13-17-16(19(31)32)2-1-3-18(17)29-24(37,38)15-6-4-14(5-7-15)12-30-8-10-40-11-9-30/h1-7,29,35-39H,8-13H2,(H,28,33,34). The van der Waals surface area contributed by atoms with Crippen LogP contribution >= 0.6 is 0 Å². The van der Waals surface area contributed by atoms with Gasteiger partial charge >= 0.3 is 0 Å². The van der Waals surface area contributed by atoms with Crippen molar-refractivity contribution < 1.29 is 44.7 Å². The molecule has 7 N–H and O–H groups in total. The number of benzene rings is 2. The number of aliphatic hydroxyl groups is 5. The SMILES string of the molecule is [B]C1(O)C(=O)NC(=O)C(O)(N2Cc3c(NC(O)(O)c4ccc(CN5CCOCC5)cc4)cccc3C2=O)C1([B])O. The van der Waals surface area contributed by atoms with Crippen molar-refractivity contribution in [1.82, 2.24) is 15.1 Å². The smallest absolute Gasteiger partial charge is 0.282 e. The average molecular weight is 548 g/mol. The summed E-state index contributed by atoms with van der Waals surface area (Å²) in [7, 11) is 11.1. The van der Waals surface area contributed by atoms with Crippen LogP contribution in [0.1, 0.15) is 27.0 Å². The largest absolute Gasteiger partial charge is 0.392 e. The van der Waals surface area contributed by atoms with E-state index in [0.717, 1.165) is 18.7 Å². The summed E-state index contributed by atoms with van der Waals surface area (Å²) < 4.78 is 5.35. The topological polar surface area (TPSA) is 192 Å². The molecule has 5 rings (SSSR count). The first-order valence-corrected chi connectivity index (χ1v) is 12.4. The number of carbonyl (C=O) groups is 3. The Morgan fingerprint density at radius 3 is 2.27 bits per heavy atom. The molecule has 0 bridgehead atoms. The zero-order chi connectivity index (χ0) is 29.1. The fourth-order valence-electron chi connectivity index (χ4n) is 5.06. The lowest BCUT2D eigenvalue weighted by molar-refractivity contribution is -0.232. The van der Waals surface area contributed by atoms with Crippen LogP contribution in [0.2, 0.25) is 0 Å². The summed E-state index contributed by atoms with van der Waals surface area (Å²) in [5.41, 5.74) is -9.18. The summed E-state index contributed by atoms with van der Waals surface area (Å²) in [6.45, 7) is 2.95. The Balaban J connectivity index is 1.39. The van der Waals surface area contributed by atoms with Crippen LogP contribution in [0.4, 0.5) is 5.69 Å². The van der Waals surface area contributed by atoms with Crippen LogP contribution in [0.25, 0.3) is 0 Å². The monoisotopic (exact) mass is 548 g/mol. The van der Waals surface area contributed by atoms with Crippen molar-refractivity contribution in [2.24, 2.45) is 0 Å². The third kappa shape index (κ3) is 4.30. The van der Waals surface area contributed by atoms with Gasteiger partial charge in [-0.25, -0.2) is 0 Å². The van der Waals surface area contributed by atoms with E-state index in [1.165, 1.54) is 30.3 Å². The van der Waals surface area contributed by atoms with E-state index < -0.39 is 46.9 Å². The Hall–Kier alpha value is -3.30. The number of hydrogen-bond acceptors (Lipinski definition) is 11. The van der Waals surface area contributed by atoms with Gasteiger partial charge in [0.2, 0.25) is 5.72 Å². The number of carbonyl (C=O) groups excluding carboxylic acids is 3. The molecule has 2 fully saturated rings. The second kappa shape index (κ2) is 9.66. The number of piperidine rings is 1. The molecule has 206 valence electrons. The van der Waals surface area contributed by atoms with Crippen LogP contribution in [0.3, 0.4) is 0 Å². The Morgan fingerprint density at radius 1 is 0.975 bits per heavy atom. The molecule has 40 heavy (non-hydrogen) atoms. The number of hydrogen-bond donors (Lipinski definition) is 7. The number of morpholine rings is 1. The van der Waals surface area contributed by atoms with E-state index in [0.29, 0.717) is 24.7 Å². The van der Waals surface area contributed by atoms with Crippen LogP contribution in [-0.4, -0.2) is 112 Å². The van der Waals surface area contributed by atoms with Crippen molar-refractivity contribution in [3.05, 3.63) is 64.7 Å². The number of nitrogens with zero attached hydrogens (tertiary/aromatic N) is 2. The summed E-state index contributed by atoms with van der Waals surface area (Å²) >= 11 is 0. The van der Waals surface area contributed by atoms with Crippen molar-refractivity contribution in [3.8, 4) is 0 Å². The molecule has 3 heterocycles. The van der Waals surface area contributed by atoms with Gasteiger partial charge in [-0.15, -0.1) is 0 Å². The molecule has 3 unspecified atom stereocenters. The van der Waals surface area contributed by atoms with Crippen molar-refractivity contribution in [3.63, 3.8) is 0 Å². The second-order valence-corrected chi connectivity index (χ2v) is 10.1. The first-order valence-electron chi connectivity index (χ1n) is 12.4. The lowest BCUT2D eigenvalue weighted by Crippen LogP contribution is -2.86. The number of amides is 3. The van der Waals surface area contributed by atoms with E-state index >= 15 is 0 Å². The molecule has 4 radical (unpaired) electrons. The number of fused-ring (bicyclic) bond motifs is 1. The maximum absolute atomic E-state index is 13.3. The first-order chi connectivity index (χ1) is 18.7. The second-order valence-electron chi connectivity index (χ2n) is 10.1. The molecule has 0 aromatic heterocycles. The molecular weight excluding hydrogens is 522 g/mol. The highest BCUT2D eigenvalue weighted by molar-refractivity contribution is 6.39. The summed E-state index contributed by atoms with van der Waals surface area (Å²) in [5.74, 6) is -6.80. The molecule has 3 aliphatic heterocycles. The van der Waals surface area contributed by atoms with E-state index in [1.807, 2.05) is 0 Å². The quantitative estimate of drug-likeness (QED) is 0.109. The third-order valence-electron chi connectivity index (χ3n) is 7.54. The highest BCUT2D eigenvalue weighted by atomic mass is 16.5. The highest BCUT2D eigenvalue weighted by Crippen LogP contribution is 2.42. The van der Waals surface area contributed by atoms with Crippen molar-refractivity contribution in [1.29, 1.82) is 0 Å². The molecule has 2 aromatic carbocycles. The Bertz CT molecular complexity index is 1360. The van der Waals surface area contributed by atoms with Gasteiger partial charge in [0.05, 0.1) is 19.8 Å². The molecule has 0 saturated carbocycles. The minimum atomic E-state index is -3.52. The van der Waals surface area contributed by atoms with Gasteiger partial charge in [0.15, 0.2) is 0 Å². The lowest BCUT2D eigenvalue weighted by Gasteiger charge is -2.54. The van der Waals surface area contributed by atoms with Crippen LogP contribution < -0.4 is 10.6 Å². The molecule has 3 amide bonds. The van der Waals surface area contributed by atoms with Crippen LogP contribution in [0.5, 0.6) is 0 Å². The lowest BCUT2D eigenvalue weighted by atomic mass is 9.51. The molecule has 0 spiro atoms. The number of imide groups is 1. The van der Waals surface area contributed by atoms with Crippen LogP contribution in [-0.2, 0) is 33.3 Å². The van der Waals surface area contributed by atoms with E-state index in [9.17, 15) is 39.9 Å². The van der Waals surface area contributed by atoms with Gasteiger partial charge in [0, 0.05) is 42.0 Å². The molecule has 0 aliphatic carbocycles. The predicted molar refractivity (Wildman–Crippen MR) is 138 cm³/mol. The first kappa shape index (κ1) is 28.2. The van der Waals surface area contributed by atoms with Gasteiger partial charge in [0.1, 0.15) is 26.7 Å². The van der Waals surface area contributed by atoms with Crippen molar-refractivity contribution in [2.75, 3.05) is 31.6 Å². The van der Waals surface area contributed by atoms with E-state index in [1.54, 1.807) is 17.4 Å². The van der Waals surface area contributed by atoms with Gasteiger partial charge in [-0.1, -0.05) is 30.3 Å². The summed E-state index contributed by atoms with van der Waals surface area (Å²) in [5, 5.41) is 58.2. The zero-order valence-electron chi connectivity index (χ0n) is 21.2. The molecular formula is C25H26B2N4O9. The zero-order valence-corrected chi connectivity index (χ0v) is 21.2. The highest BCUT2D eigenvalue weighted by Gasteiger charge is 2.70. The summed E-state index contributed by atoms with van der Waals surface area (Å²) in [6, 6.07) is 10.7. The van der Waals surface area contributed by atoms with Gasteiger partial charge in [0.25, 0.3) is 23.6 Å². The number of ether oxygens (including phenoxy) is 1. The number of rotatable bonds is 6. The van der Waals surface area contributed by atoms with E-state index in [4.69, 9.17) is 20.4 Å². The Kier molecular flexibility index (Phi) is 6.82. The van der Waals surface area contributed by atoms with E-state index in [-0.39, 0.29) is 22.4 Å². The molecule has 2 aromatic rings. The van der Waals surface area contributed by atoms with Crippen molar-refractivity contribution >= 4 is 39.1 Å². The Labute approximate surface area is 231 Å². The third-order valence-corrected chi connectivity index (χ3v) is 7.54. The maximum Gasteiger partial charge on any atom is 0.282 e. The average Bonchev–Trinajstić information content (AvgIpc) is 3.25.